The van der Waals surface area contributed by atoms with Crippen molar-refractivity contribution >= 4 is 12.1 Å². The molecule has 6 nitrogen and oxygen atoms in total. The van der Waals surface area contributed by atoms with E-state index in [2.05, 4.69) is 10.5 Å². The van der Waals surface area contributed by atoms with Gasteiger partial charge in [-0.1, -0.05) is 18.2 Å². The molecular formula is C14H12N2O4. The van der Waals surface area contributed by atoms with E-state index in [1.54, 1.807) is 30.3 Å². The number of benzene rings is 2. The number of nitrogens with zero attached hydrogens (tertiary/aromatic N) is 1. The first-order chi connectivity index (χ1) is 9.58. The quantitative estimate of drug-likeness (QED) is 0.295. The van der Waals surface area contributed by atoms with Gasteiger partial charge in [-0.05, 0) is 18.2 Å². The Morgan fingerprint density at radius 1 is 1.00 bits per heavy atom. The number of nitrogens with one attached hydrogen (secondary N) is 1. The third-order valence-electron chi connectivity index (χ3n) is 2.53. The van der Waals surface area contributed by atoms with Gasteiger partial charge in [0, 0.05) is 17.2 Å². The summed E-state index contributed by atoms with van der Waals surface area (Å²) in [6.45, 7) is 0. The summed E-state index contributed by atoms with van der Waals surface area (Å²) < 4.78 is 0. The summed E-state index contributed by atoms with van der Waals surface area (Å²) in [5, 5.41) is 31.7. The van der Waals surface area contributed by atoms with E-state index in [0.29, 0.717) is 5.56 Å². The van der Waals surface area contributed by atoms with Crippen molar-refractivity contribution in [3.05, 3.63) is 53.6 Å². The molecule has 0 aliphatic heterocycles. The van der Waals surface area contributed by atoms with Gasteiger partial charge in [-0.25, -0.2) is 5.43 Å². The van der Waals surface area contributed by atoms with Gasteiger partial charge >= 0.3 is 0 Å². The molecule has 0 fully saturated rings. The lowest BCUT2D eigenvalue weighted by molar-refractivity contribution is 0.0955. The number of phenols is 3. The lowest BCUT2D eigenvalue weighted by atomic mass is 10.2. The normalized spacial score (nSPS) is 10.6. The molecule has 0 spiro atoms. The van der Waals surface area contributed by atoms with E-state index < -0.39 is 17.4 Å². The van der Waals surface area contributed by atoms with Crippen molar-refractivity contribution in [1.29, 1.82) is 0 Å². The van der Waals surface area contributed by atoms with E-state index in [-0.39, 0.29) is 11.3 Å². The standard InChI is InChI=1S/C14H12N2O4/c17-11-7-13(19)12(18)6-10(11)8-15-16-14(20)9-4-2-1-3-5-9/h1-8,17-19H,(H,16,20)/b15-8+. The van der Waals surface area contributed by atoms with Crippen molar-refractivity contribution in [1.82, 2.24) is 5.43 Å². The van der Waals surface area contributed by atoms with Crippen LogP contribution in [0.3, 0.4) is 0 Å². The van der Waals surface area contributed by atoms with Gasteiger partial charge in [0.25, 0.3) is 5.91 Å². The summed E-state index contributed by atoms with van der Waals surface area (Å²) in [5.41, 5.74) is 2.89. The highest BCUT2D eigenvalue weighted by molar-refractivity contribution is 5.95. The van der Waals surface area contributed by atoms with Gasteiger partial charge in [-0.3, -0.25) is 4.79 Å². The summed E-state index contributed by atoms with van der Waals surface area (Å²) in [4.78, 5) is 11.7. The Morgan fingerprint density at radius 3 is 2.35 bits per heavy atom. The molecule has 1 amide bonds. The van der Waals surface area contributed by atoms with Crippen LogP contribution in [0.25, 0.3) is 0 Å². The molecule has 20 heavy (non-hydrogen) atoms. The average Bonchev–Trinajstić information content (AvgIpc) is 2.45. The number of rotatable bonds is 3. The summed E-state index contributed by atoms with van der Waals surface area (Å²) >= 11 is 0. The highest BCUT2D eigenvalue weighted by Crippen LogP contribution is 2.31. The van der Waals surface area contributed by atoms with E-state index in [1.807, 2.05) is 0 Å². The Morgan fingerprint density at radius 2 is 1.65 bits per heavy atom. The largest absolute Gasteiger partial charge is 0.507 e. The lowest BCUT2D eigenvalue weighted by Gasteiger charge is -2.02. The minimum Gasteiger partial charge on any atom is -0.507 e. The van der Waals surface area contributed by atoms with E-state index in [1.165, 1.54) is 0 Å². The molecule has 0 aliphatic carbocycles. The van der Waals surface area contributed by atoms with Gasteiger partial charge in [0.1, 0.15) is 5.75 Å². The van der Waals surface area contributed by atoms with Gasteiger partial charge in [0.15, 0.2) is 11.5 Å². The van der Waals surface area contributed by atoms with Gasteiger partial charge < -0.3 is 15.3 Å². The highest BCUT2D eigenvalue weighted by atomic mass is 16.3. The Balaban J connectivity index is 2.08. The third-order valence-corrected chi connectivity index (χ3v) is 2.53. The molecule has 2 rings (SSSR count). The predicted octanol–water partition coefficient (Wildman–Crippen LogP) is 1.57. The number of hydrogen-bond donors (Lipinski definition) is 4. The number of carbonyl (C=O) groups is 1. The first-order valence-corrected chi connectivity index (χ1v) is 5.71. The maximum atomic E-state index is 11.7. The minimum absolute atomic E-state index is 0.161. The molecule has 0 atom stereocenters. The average molecular weight is 272 g/mol. The van der Waals surface area contributed by atoms with Crippen molar-refractivity contribution in [3.63, 3.8) is 0 Å². The summed E-state index contributed by atoms with van der Waals surface area (Å²) in [7, 11) is 0. The van der Waals surface area contributed by atoms with Crippen LogP contribution in [0.1, 0.15) is 15.9 Å². The fourth-order valence-corrected chi connectivity index (χ4v) is 1.50. The third kappa shape index (κ3) is 3.05. The number of phenolic OH excluding ortho intramolecular Hbond substituents is 3. The first kappa shape index (κ1) is 13.4. The topological polar surface area (TPSA) is 102 Å². The Kier molecular flexibility index (Phi) is 3.85. The molecule has 0 aliphatic rings. The maximum absolute atomic E-state index is 11.7. The van der Waals surface area contributed by atoms with Gasteiger partial charge in [0.05, 0.1) is 6.21 Å². The molecule has 4 N–H and O–H groups in total. The molecular weight excluding hydrogens is 260 g/mol. The molecule has 0 saturated carbocycles. The number of carbonyl (C=O) groups excluding carboxylic acids is 1. The van der Waals surface area contributed by atoms with E-state index in [0.717, 1.165) is 18.3 Å². The van der Waals surface area contributed by atoms with E-state index in [9.17, 15) is 15.0 Å². The van der Waals surface area contributed by atoms with E-state index >= 15 is 0 Å². The molecule has 2 aromatic rings. The zero-order valence-corrected chi connectivity index (χ0v) is 10.3. The molecule has 102 valence electrons. The van der Waals surface area contributed by atoms with Crippen LogP contribution in [0.4, 0.5) is 0 Å². The summed E-state index contributed by atoms with van der Waals surface area (Å²) in [6.07, 6.45) is 1.16. The monoisotopic (exact) mass is 272 g/mol. The predicted molar refractivity (Wildman–Crippen MR) is 72.9 cm³/mol. The smallest absolute Gasteiger partial charge is 0.271 e. The van der Waals surface area contributed by atoms with Crippen LogP contribution in [-0.4, -0.2) is 27.4 Å². The van der Waals surface area contributed by atoms with Crippen LogP contribution in [-0.2, 0) is 0 Å². The zero-order chi connectivity index (χ0) is 14.5. The lowest BCUT2D eigenvalue weighted by Crippen LogP contribution is -2.17. The Hall–Kier alpha value is -3.02. The zero-order valence-electron chi connectivity index (χ0n) is 10.3. The van der Waals surface area contributed by atoms with Gasteiger partial charge in [-0.15, -0.1) is 0 Å². The molecule has 0 radical (unpaired) electrons. The SMILES string of the molecule is O=C(N/N=C/c1cc(O)c(O)cc1O)c1ccccc1. The van der Waals surface area contributed by atoms with Crippen LogP contribution in [0.5, 0.6) is 17.2 Å². The van der Waals surface area contributed by atoms with Gasteiger partial charge in [0.2, 0.25) is 0 Å². The second-order valence-electron chi connectivity index (χ2n) is 3.96. The second kappa shape index (κ2) is 5.75. The van der Waals surface area contributed by atoms with Crippen LogP contribution in [0.15, 0.2) is 47.6 Å². The van der Waals surface area contributed by atoms with Crippen LogP contribution in [0, 0.1) is 0 Å². The molecule has 0 saturated heterocycles. The fraction of sp³-hybridized carbons (Fsp3) is 0. The molecule has 0 aromatic heterocycles. The van der Waals surface area contributed by atoms with E-state index in [4.69, 9.17) is 5.11 Å². The van der Waals surface area contributed by atoms with Crippen molar-refractivity contribution in [2.24, 2.45) is 5.10 Å². The highest BCUT2D eigenvalue weighted by Gasteiger charge is 2.06. The molecule has 2 aromatic carbocycles. The maximum Gasteiger partial charge on any atom is 0.271 e. The number of aromatic hydroxyl groups is 3. The van der Waals surface area contributed by atoms with Crippen LogP contribution >= 0.6 is 0 Å². The summed E-state index contributed by atoms with van der Waals surface area (Å²) in [5.74, 6) is -1.49. The molecule has 0 unspecified atom stereocenters. The Bertz CT molecular complexity index is 654. The van der Waals surface area contributed by atoms with Crippen molar-refractivity contribution in [2.45, 2.75) is 0 Å². The van der Waals surface area contributed by atoms with Crippen molar-refractivity contribution in [3.8, 4) is 17.2 Å². The van der Waals surface area contributed by atoms with Crippen LogP contribution in [0.2, 0.25) is 0 Å². The van der Waals surface area contributed by atoms with Crippen molar-refractivity contribution < 1.29 is 20.1 Å². The van der Waals surface area contributed by atoms with Gasteiger partial charge in [-0.2, -0.15) is 5.10 Å². The van der Waals surface area contributed by atoms with Crippen molar-refractivity contribution in [2.75, 3.05) is 0 Å². The molecule has 0 bridgehead atoms. The minimum atomic E-state index is -0.437. The number of amides is 1. The first-order valence-electron chi connectivity index (χ1n) is 5.71. The number of hydrazone groups is 1. The fourth-order valence-electron chi connectivity index (χ4n) is 1.50. The molecule has 6 heteroatoms. The van der Waals surface area contributed by atoms with Crippen LogP contribution < -0.4 is 5.43 Å². The Labute approximate surface area is 114 Å². The number of hydrogen-bond acceptors (Lipinski definition) is 5. The summed E-state index contributed by atoms with van der Waals surface area (Å²) in [6, 6.07) is 10.6. The molecule has 0 heterocycles. The second-order valence-corrected chi connectivity index (χ2v) is 3.96.